The number of hydroxylamine groups is 1. The minimum absolute atomic E-state index is 0.0129. The van der Waals surface area contributed by atoms with Crippen LogP contribution in [-0.2, 0) is 6.42 Å². The number of aryl methyl sites for hydroxylation is 1. The minimum Gasteiger partial charge on any atom is -0.451 e. The third-order valence-corrected chi connectivity index (χ3v) is 5.04. The van der Waals surface area contributed by atoms with Gasteiger partial charge in [0.15, 0.2) is 11.3 Å². The van der Waals surface area contributed by atoms with E-state index in [2.05, 4.69) is 32.9 Å². The first kappa shape index (κ1) is 16.0. The first-order valence-corrected chi connectivity index (χ1v) is 8.91. The lowest BCUT2D eigenvalue weighted by atomic mass is 10.1. The molecule has 1 aromatic carbocycles. The van der Waals surface area contributed by atoms with Crippen molar-refractivity contribution >= 4 is 22.3 Å². The molecule has 3 heterocycles. The van der Waals surface area contributed by atoms with Crippen molar-refractivity contribution in [2.75, 3.05) is 5.32 Å². The predicted molar refractivity (Wildman–Crippen MR) is 103 cm³/mol. The lowest BCUT2D eigenvalue weighted by molar-refractivity contribution is 0.126. The van der Waals surface area contributed by atoms with Crippen LogP contribution in [0.4, 0.5) is 11.4 Å². The molecule has 1 unspecified atom stereocenters. The fourth-order valence-corrected chi connectivity index (χ4v) is 3.73. The zero-order valence-corrected chi connectivity index (χ0v) is 14.5. The monoisotopic (exact) mass is 358 g/mol. The van der Waals surface area contributed by atoms with Crippen molar-refractivity contribution in [3.8, 4) is 11.5 Å². The summed E-state index contributed by atoms with van der Waals surface area (Å²) in [6.07, 6.45) is 7.06. The SMILES string of the molecule is ONC1CCc2cc(Nc3c(-c4ccccn4)oc4cnccc34)ccc21. The van der Waals surface area contributed by atoms with Crippen LogP contribution < -0.4 is 10.8 Å². The molecule has 5 rings (SSSR count). The van der Waals surface area contributed by atoms with E-state index in [0.29, 0.717) is 11.3 Å². The van der Waals surface area contributed by atoms with Crippen molar-refractivity contribution in [3.63, 3.8) is 0 Å². The van der Waals surface area contributed by atoms with Crippen molar-refractivity contribution in [1.29, 1.82) is 0 Å². The quantitative estimate of drug-likeness (QED) is 0.463. The molecule has 0 saturated carbocycles. The molecule has 0 fully saturated rings. The first-order chi connectivity index (χ1) is 13.3. The van der Waals surface area contributed by atoms with E-state index in [9.17, 15) is 5.21 Å². The van der Waals surface area contributed by atoms with Gasteiger partial charge in [0.1, 0.15) is 5.69 Å². The fraction of sp³-hybridized carbons (Fsp3) is 0.143. The van der Waals surface area contributed by atoms with Gasteiger partial charge >= 0.3 is 0 Å². The van der Waals surface area contributed by atoms with Crippen molar-refractivity contribution in [2.24, 2.45) is 0 Å². The highest BCUT2D eigenvalue weighted by molar-refractivity contribution is 5.99. The Labute approximate surface area is 155 Å². The molecule has 4 aromatic rings. The normalized spacial score (nSPS) is 15.8. The van der Waals surface area contributed by atoms with E-state index in [1.807, 2.05) is 30.3 Å². The lowest BCUT2D eigenvalue weighted by Crippen LogP contribution is -2.13. The number of nitrogens with one attached hydrogen (secondary N) is 2. The number of rotatable bonds is 4. The lowest BCUT2D eigenvalue weighted by Gasteiger charge is -2.11. The molecule has 0 aliphatic heterocycles. The summed E-state index contributed by atoms with van der Waals surface area (Å²) in [5.74, 6) is 0.689. The third kappa shape index (κ3) is 2.75. The maximum Gasteiger partial charge on any atom is 0.177 e. The smallest absolute Gasteiger partial charge is 0.177 e. The van der Waals surface area contributed by atoms with Gasteiger partial charge in [-0.3, -0.25) is 9.97 Å². The van der Waals surface area contributed by atoms with Crippen LogP contribution in [0.5, 0.6) is 0 Å². The molecule has 27 heavy (non-hydrogen) atoms. The Kier molecular flexibility index (Phi) is 3.85. The number of aromatic nitrogens is 2. The minimum atomic E-state index is 0.0129. The van der Waals surface area contributed by atoms with Crippen LogP contribution in [0.25, 0.3) is 22.4 Å². The molecule has 0 bridgehead atoms. The maximum atomic E-state index is 9.28. The van der Waals surface area contributed by atoms with E-state index in [1.54, 1.807) is 18.6 Å². The van der Waals surface area contributed by atoms with Gasteiger partial charge in [0.25, 0.3) is 0 Å². The molecule has 3 N–H and O–H groups in total. The Hall–Kier alpha value is -3.22. The summed E-state index contributed by atoms with van der Waals surface area (Å²) < 4.78 is 6.05. The Balaban J connectivity index is 1.59. The Morgan fingerprint density at radius 1 is 1.11 bits per heavy atom. The van der Waals surface area contributed by atoms with E-state index < -0.39 is 0 Å². The van der Waals surface area contributed by atoms with Gasteiger partial charge in [0.2, 0.25) is 0 Å². The van der Waals surface area contributed by atoms with Gasteiger partial charge in [0, 0.05) is 23.5 Å². The maximum absolute atomic E-state index is 9.28. The molecule has 6 nitrogen and oxygen atoms in total. The molecular weight excluding hydrogens is 340 g/mol. The van der Waals surface area contributed by atoms with Gasteiger partial charge in [-0.1, -0.05) is 12.1 Å². The van der Waals surface area contributed by atoms with E-state index in [1.165, 1.54) is 5.56 Å². The summed E-state index contributed by atoms with van der Waals surface area (Å²) in [6.45, 7) is 0. The van der Waals surface area contributed by atoms with Crippen LogP contribution in [0.2, 0.25) is 0 Å². The van der Waals surface area contributed by atoms with Gasteiger partial charge in [-0.05, 0) is 54.3 Å². The molecule has 6 heteroatoms. The van der Waals surface area contributed by atoms with E-state index >= 15 is 0 Å². The molecule has 1 atom stereocenters. The van der Waals surface area contributed by atoms with Crippen molar-refractivity contribution in [2.45, 2.75) is 18.9 Å². The molecule has 0 radical (unpaired) electrons. The number of nitrogens with zero attached hydrogens (tertiary/aromatic N) is 2. The van der Waals surface area contributed by atoms with Crippen molar-refractivity contribution < 1.29 is 9.62 Å². The number of hydrogen-bond donors (Lipinski definition) is 3. The summed E-state index contributed by atoms with van der Waals surface area (Å²) in [4.78, 5) is 8.60. The number of pyridine rings is 2. The van der Waals surface area contributed by atoms with E-state index in [4.69, 9.17) is 4.42 Å². The number of furan rings is 1. The molecular formula is C21H18N4O2. The van der Waals surface area contributed by atoms with Crippen molar-refractivity contribution in [1.82, 2.24) is 15.4 Å². The molecule has 0 amide bonds. The third-order valence-electron chi connectivity index (χ3n) is 5.04. The highest BCUT2D eigenvalue weighted by Crippen LogP contribution is 2.39. The first-order valence-electron chi connectivity index (χ1n) is 8.91. The second kappa shape index (κ2) is 6.50. The fourth-order valence-electron chi connectivity index (χ4n) is 3.73. The van der Waals surface area contributed by atoms with Crippen LogP contribution >= 0.6 is 0 Å². The Bertz CT molecular complexity index is 1110. The average molecular weight is 358 g/mol. The molecule has 134 valence electrons. The van der Waals surface area contributed by atoms with Gasteiger partial charge in [-0.15, -0.1) is 0 Å². The molecule has 3 aromatic heterocycles. The number of anilines is 2. The van der Waals surface area contributed by atoms with Gasteiger partial charge in [-0.2, -0.15) is 5.48 Å². The standard InChI is InChI=1S/C21H18N4O2/c26-25-17-7-4-13-11-14(5-6-15(13)17)24-20-16-8-10-22-12-19(16)27-21(20)18-3-1-2-9-23-18/h1-3,5-6,8-12,17,24-26H,4,7H2. The number of hydrogen-bond acceptors (Lipinski definition) is 6. The van der Waals surface area contributed by atoms with E-state index in [0.717, 1.165) is 40.9 Å². The van der Waals surface area contributed by atoms with Crippen LogP contribution in [0.3, 0.4) is 0 Å². The largest absolute Gasteiger partial charge is 0.451 e. The molecule has 0 saturated heterocycles. The summed E-state index contributed by atoms with van der Waals surface area (Å²) >= 11 is 0. The van der Waals surface area contributed by atoms with Crippen LogP contribution in [0.15, 0.2) is 65.5 Å². The molecule has 1 aliphatic carbocycles. The van der Waals surface area contributed by atoms with Crippen LogP contribution in [-0.4, -0.2) is 15.2 Å². The van der Waals surface area contributed by atoms with E-state index in [-0.39, 0.29) is 6.04 Å². The average Bonchev–Trinajstić information content (AvgIpc) is 3.30. The predicted octanol–water partition coefficient (Wildman–Crippen LogP) is 4.60. The highest BCUT2D eigenvalue weighted by Gasteiger charge is 2.23. The van der Waals surface area contributed by atoms with Crippen LogP contribution in [0, 0.1) is 0 Å². The number of fused-ring (bicyclic) bond motifs is 2. The molecule has 1 aliphatic rings. The summed E-state index contributed by atoms with van der Waals surface area (Å²) in [7, 11) is 0. The Morgan fingerprint density at radius 3 is 2.93 bits per heavy atom. The summed E-state index contributed by atoms with van der Waals surface area (Å²) in [5.41, 5.74) is 8.10. The second-order valence-electron chi connectivity index (χ2n) is 6.65. The van der Waals surface area contributed by atoms with Gasteiger partial charge < -0.3 is 14.9 Å². The summed E-state index contributed by atoms with van der Waals surface area (Å²) in [5, 5.41) is 13.8. The Morgan fingerprint density at radius 2 is 2.07 bits per heavy atom. The zero-order valence-electron chi connectivity index (χ0n) is 14.5. The highest BCUT2D eigenvalue weighted by atomic mass is 16.5. The molecule has 0 spiro atoms. The van der Waals surface area contributed by atoms with Gasteiger partial charge in [-0.25, -0.2) is 0 Å². The summed E-state index contributed by atoms with van der Waals surface area (Å²) in [6, 6.07) is 13.9. The van der Waals surface area contributed by atoms with Crippen molar-refractivity contribution in [3.05, 3.63) is 72.2 Å². The van der Waals surface area contributed by atoms with Gasteiger partial charge in [0.05, 0.1) is 17.9 Å². The van der Waals surface area contributed by atoms with Crippen LogP contribution in [0.1, 0.15) is 23.6 Å². The second-order valence-corrected chi connectivity index (χ2v) is 6.65. The topological polar surface area (TPSA) is 83.2 Å². The number of benzene rings is 1. The zero-order chi connectivity index (χ0) is 18.2.